The molecule has 144 valence electrons. The lowest BCUT2D eigenvalue weighted by atomic mass is 10.0. The number of amides is 1. The van der Waals surface area contributed by atoms with Crippen molar-refractivity contribution in [3.05, 3.63) is 57.5 Å². The first-order valence-electron chi connectivity index (χ1n) is 8.65. The molecule has 1 aromatic carbocycles. The number of hydrogen-bond acceptors (Lipinski definition) is 6. The number of nitrogens with one attached hydrogen (secondary N) is 3. The molecule has 1 aromatic heterocycles. The summed E-state index contributed by atoms with van der Waals surface area (Å²) in [5.41, 5.74) is -0.476. The highest BCUT2D eigenvalue weighted by Crippen LogP contribution is 2.16. The quantitative estimate of drug-likeness (QED) is 0.485. The van der Waals surface area contributed by atoms with E-state index >= 15 is 0 Å². The van der Waals surface area contributed by atoms with Gasteiger partial charge < -0.3 is 25.8 Å². The van der Waals surface area contributed by atoms with Gasteiger partial charge in [-0.1, -0.05) is 12.1 Å². The van der Waals surface area contributed by atoms with E-state index in [1.54, 1.807) is 0 Å². The van der Waals surface area contributed by atoms with Crippen LogP contribution in [-0.2, 0) is 13.0 Å². The highest BCUT2D eigenvalue weighted by Gasteiger charge is 2.25. The SMILES string of the molecule is O=C(NCc1ccc(F)cc1)c1nc(C[C@@H]2C[C@@H](CO)CN2)[nH]c(=O)c1O. The second kappa shape index (κ2) is 8.28. The second-order valence-electron chi connectivity index (χ2n) is 6.61. The Labute approximate surface area is 154 Å². The molecular formula is C18H21FN4O4. The number of benzene rings is 1. The van der Waals surface area contributed by atoms with E-state index in [2.05, 4.69) is 20.6 Å². The van der Waals surface area contributed by atoms with Crippen molar-refractivity contribution in [3.8, 4) is 5.75 Å². The van der Waals surface area contributed by atoms with Crippen LogP contribution in [0.25, 0.3) is 0 Å². The summed E-state index contributed by atoms with van der Waals surface area (Å²) in [6.07, 6.45) is 1.09. The maximum atomic E-state index is 12.9. The minimum Gasteiger partial charge on any atom is -0.501 e. The number of nitrogens with zero attached hydrogens (tertiary/aromatic N) is 1. The number of aromatic amines is 1. The molecule has 1 fully saturated rings. The Morgan fingerprint density at radius 2 is 2.07 bits per heavy atom. The number of carbonyl (C=O) groups is 1. The zero-order valence-electron chi connectivity index (χ0n) is 14.5. The van der Waals surface area contributed by atoms with Gasteiger partial charge in [0.15, 0.2) is 5.69 Å². The molecule has 27 heavy (non-hydrogen) atoms. The first-order valence-corrected chi connectivity index (χ1v) is 8.65. The zero-order chi connectivity index (χ0) is 19.4. The lowest BCUT2D eigenvalue weighted by Gasteiger charge is -2.11. The van der Waals surface area contributed by atoms with Crippen molar-refractivity contribution in [2.75, 3.05) is 13.2 Å². The molecule has 9 heteroatoms. The van der Waals surface area contributed by atoms with Gasteiger partial charge in [0.25, 0.3) is 11.5 Å². The number of aliphatic hydroxyl groups excluding tert-OH is 1. The van der Waals surface area contributed by atoms with E-state index < -0.39 is 17.2 Å². The van der Waals surface area contributed by atoms with Gasteiger partial charge in [-0.2, -0.15) is 0 Å². The van der Waals surface area contributed by atoms with Crippen LogP contribution in [0.4, 0.5) is 4.39 Å². The lowest BCUT2D eigenvalue weighted by molar-refractivity contribution is 0.0942. The van der Waals surface area contributed by atoms with Gasteiger partial charge in [-0.3, -0.25) is 9.59 Å². The van der Waals surface area contributed by atoms with Crippen molar-refractivity contribution in [2.24, 2.45) is 5.92 Å². The normalized spacial score (nSPS) is 19.2. The average Bonchev–Trinajstić information content (AvgIpc) is 3.11. The number of carbonyl (C=O) groups excluding carboxylic acids is 1. The van der Waals surface area contributed by atoms with E-state index in [1.165, 1.54) is 24.3 Å². The van der Waals surface area contributed by atoms with Crippen LogP contribution in [0.5, 0.6) is 5.75 Å². The number of halogens is 1. The van der Waals surface area contributed by atoms with E-state index in [9.17, 15) is 24.2 Å². The molecule has 8 nitrogen and oxygen atoms in total. The van der Waals surface area contributed by atoms with Crippen LogP contribution < -0.4 is 16.2 Å². The molecule has 2 aromatic rings. The third kappa shape index (κ3) is 4.69. The van der Waals surface area contributed by atoms with E-state index in [4.69, 9.17) is 0 Å². The van der Waals surface area contributed by atoms with Crippen molar-refractivity contribution in [1.82, 2.24) is 20.6 Å². The second-order valence-corrected chi connectivity index (χ2v) is 6.61. The maximum absolute atomic E-state index is 12.9. The summed E-state index contributed by atoms with van der Waals surface area (Å²) in [5, 5.41) is 24.9. The van der Waals surface area contributed by atoms with Crippen molar-refractivity contribution in [1.29, 1.82) is 0 Å². The number of aromatic nitrogens is 2. The van der Waals surface area contributed by atoms with Gasteiger partial charge in [0.1, 0.15) is 11.6 Å². The molecule has 1 aliphatic heterocycles. The average molecular weight is 376 g/mol. The van der Waals surface area contributed by atoms with Gasteiger partial charge >= 0.3 is 0 Å². The summed E-state index contributed by atoms with van der Waals surface area (Å²) in [4.78, 5) is 30.8. The van der Waals surface area contributed by atoms with Crippen LogP contribution in [0.2, 0.25) is 0 Å². The Balaban J connectivity index is 1.70. The van der Waals surface area contributed by atoms with Gasteiger partial charge in [0, 0.05) is 32.2 Å². The maximum Gasteiger partial charge on any atom is 0.293 e. The van der Waals surface area contributed by atoms with Gasteiger partial charge in [-0.25, -0.2) is 9.37 Å². The van der Waals surface area contributed by atoms with Gasteiger partial charge in [-0.15, -0.1) is 0 Å². The van der Waals surface area contributed by atoms with Gasteiger partial charge in [-0.05, 0) is 30.0 Å². The summed E-state index contributed by atoms with van der Waals surface area (Å²) < 4.78 is 12.9. The predicted octanol–water partition coefficient (Wildman–Crippen LogP) is 0.0575. The van der Waals surface area contributed by atoms with Crippen molar-refractivity contribution < 1.29 is 19.4 Å². The first-order chi connectivity index (χ1) is 13.0. The Hall–Kier alpha value is -2.78. The summed E-state index contributed by atoms with van der Waals surface area (Å²) in [6.45, 7) is 0.860. The molecule has 0 spiro atoms. The van der Waals surface area contributed by atoms with E-state index in [0.29, 0.717) is 18.5 Å². The van der Waals surface area contributed by atoms with E-state index in [-0.39, 0.29) is 42.4 Å². The number of hydrogen-bond donors (Lipinski definition) is 5. The zero-order valence-corrected chi connectivity index (χ0v) is 14.5. The first kappa shape index (κ1) is 19.0. The Kier molecular flexibility index (Phi) is 5.82. The van der Waals surface area contributed by atoms with Crippen molar-refractivity contribution in [2.45, 2.75) is 25.4 Å². The number of aliphatic hydroxyl groups is 1. The molecule has 0 radical (unpaired) electrons. The standard InChI is InChI=1S/C18H21FN4O4/c19-12-3-1-10(2-4-12)7-21-17(26)15-16(25)18(27)23-14(22-15)6-13-5-11(9-24)8-20-13/h1-4,11,13,20,24-25H,5-9H2,(H,21,26)(H,22,23,27)/t11-,13+/m1/s1. The molecule has 2 heterocycles. The van der Waals surface area contributed by atoms with E-state index in [1.807, 2.05) is 0 Å². The lowest BCUT2D eigenvalue weighted by Crippen LogP contribution is -2.29. The smallest absolute Gasteiger partial charge is 0.293 e. The fraction of sp³-hybridized carbons (Fsp3) is 0.389. The monoisotopic (exact) mass is 376 g/mol. The largest absolute Gasteiger partial charge is 0.501 e. The molecule has 0 unspecified atom stereocenters. The Morgan fingerprint density at radius 1 is 1.33 bits per heavy atom. The number of H-pyrrole nitrogens is 1. The Morgan fingerprint density at radius 3 is 2.74 bits per heavy atom. The van der Waals surface area contributed by atoms with Crippen LogP contribution in [0.15, 0.2) is 29.1 Å². The Bertz CT molecular complexity index is 869. The molecule has 0 saturated carbocycles. The van der Waals surface area contributed by atoms with Gasteiger partial charge in [0.05, 0.1) is 0 Å². The number of rotatable bonds is 6. The molecule has 2 atom stereocenters. The molecule has 1 amide bonds. The minimum absolute atomic E-state index is 0.0185. The van der Waals surface area contributed by atoms with Crippen LogP contribution in [-0.4, -0.2) is 45.3 Å². The molecule has 5 N–H and O–H groups in total. The highest BCUT2D eigenvalue weighted by molar-refractivity contribution is 5.94. The van der Waals surface area contributed by atoms with Crippen LogP contribution in [0.3, 0.4) is 0 Å². The summed E-state index contributed by atoms with van der Waals surface area (Å²) in [7, 11) is 0. The van der Waals surface area contributed by atoms with E-state index in [0.717, 1.165) is 6.42 Å². The van der Waals surface area contributed by atoms with Crippen LogP contribution >= 0.6 is 0 Å². The third-order valence-corrected chi connectivity index (χ3v) is 4.54. The fourth-order valence-electron chi connectivity index (χ4n) is 3.07. The highest BCUT2D eigenvalue weighted by atomic mass is 19.1. The molecule has 3 rings (SSSR count). The summed E-state index contributed by atoms with van der Waals surface area (Å²) >= 11 is 0. The third-order valence-electron chi connectivity index (χ3n) is 4.54. The molecule has 1 aliphatic rings. The molecular weight excluding hydrogens is 355 g/mol. The number of aromatic hydroxyl groups is 1. The summed E-state index contributed by atoms with van der Waals surface area (Å²) in [5.74, 6) is -1.40. The predicted molar refractivity (Wildman–Crippen MR) is 94.8 cm³/mol. The summed E-state index contributed by atoms with van der Waals surface area (Å²) in [6, 6.07) is 5.61. The van der Waals surface area contributed by atoms with Crippen molar-refractivity contribution >= 4 is 5.91 Å². The molecule has 1 saturated heterocycles. The van der Waals surface area contributed by atoms with Crippen LogP contribution in [0, 0.1) is 11.7 Å². The molecule has 0 bridgehead atoms. The fourth-order valence-corrected chi connectivity index (χ4v) is 3.07. The van der Waals surface area contributed by atoms with Crippen LogP contribution in [0.1, 0.15) is 28.3 Å². The minimum atomic E-state index is -0.788. The van der Waals surface area contributed by atoms with Crippen molar-refractivity contribution in [3.63, 3.8) is 0 Å². The topological polar surface area (TPSA) is 127 Å². The molecule has 0 aliphatic carbocycles. The van der Waals surface area contributed by atoms with Gasteiger partial charge in [0.2, 0.25) is 5.75 Å².